The molecule has 0 saturated carbocycles. The van der Waals surface area contributed by atoms with Gasteiger partial charge in [-0.1, -0.05) is 12.1 Å². The molecule has 3 rings (SSSR count). The van der Waals surface area contributed by atoms with E-state index in [-0.39, 0.29) is 11.9 Å². The maximum Gasteiger partial charge on any atom is 0.256 e. The average molecular weight is 257 g/mol. The summed E-state index contributed by atoms with van der Waals surface area (Å²) in [5.74, 6) is 0.119. The molecule has 4 nitrogen and oxygen atoms in total. The van der Waals surface area contributed by atoms with Crippen molar-refractivity contribution in [3.63, 3.8) is 0 Å². The number of hydrogen-bond donors (Lipinski definition) is 2. The fourth-order valence-corrected chi connectivity index (χ4v) is 2.72. The number of nitrogens with one attached hydrogen (secondary N) is 2. The van der Waals surface area contributed by atoms with Gasteiger partial charge < -0.3 is 15.2 Å². The smallest absolute Gasteiger partial charge is 0.256 e. The summed E-state index contributed by atoms with van der Waals surface area (Å²) in [4.78, 5) is 17.9. The molecule has 0 aliphatic carbocycles. The van der Waals surface area contributed by atoms with E-state index in [4.69, 9.17) is 0 Å². The number of rotatable bonds is 1. The van der Waals surface area contributed by atoms with Crippen LogP contribution in [0.15, 0.2) is 30.5 Å². The van der Waals surface area contributed by atoms with E-state index in [9.17, 15) is 4.79 Å². The molecule has 100 valence electrons. The van der Waals surface area contributed by atoms with Gasteiger partial charge in [0.15, 0.2) is 0 Å². The highest BCUT2D eigenvalue weighted by Crippen LogP contribution is 2.20. The molecule has 2 heterocycles. The molecule has 0 bridgehead atoms. The van der Waals surface area contributed by atoms with Crippen molar-refractivity contribution >= 4 is 16.8 Å². The maximum absolute atomic E-state index is 12.7. The Morgan fingerprint density at radius 1 is 1.32 bits per heavy atom. The first-order valence-corrected chi connectivity index (χ1v) is 6.77. The Morgan fingerprint density at radius 2 is 2.16 bits per heavy atom. The summed E-state index contributed by atoms with van der Waals surface area (Å²) < 4.78 is 0. The van der Waals surface area contributed by atoms with Crippen LogP contribution in [0, 0.1) is 0 Å². The van der Waals surface area contributed by atoms with Crippen LogP contribution in [0.1, 0.15) is 24.2 Å². The highest BCUT2D eigenvalue weighted by Gasteiger charge is 2.28. The lowest BCUT2D eigenvalue weighted by atomic mass is 10.1. The van der Waals surface area contributed by atoms with Crippen LogP contribution in [-0.4, -0.2) is 41.0 Å². The number of piperazine rings is 1. The van der Waals surface area contributed by atoms with Crippen molar-refractivity contribution in [2.24, 2.45) is 0 Å². The number of H-pyrrole nitrogens is 1. The summed E-state index contributed by atoms with van der Waals surface area (Å²) in [5.41, 5.74) is 1.70. The van der Waals surface area contributed by atoms with Crippen LogP contribution in [0.4, 0.5) is 0 Å². The second-order valence-electron chi connectivity index (χ2n) is 5.36. The first-order valence-electron chi connectivity index (χ1n) is 6.77. The van der Waals surface area contributed by atoms with Gasteiger partial charge in [-0.25, -0.2) is 0 Å². The third-order valence-electron chi connectivity index (χ3n) is 3.84. The number of nitrogens with zero attached hydrogens (tertiary/aromatic N) is 1. The Morgan fingerprint density at radius 3 is 3.00 bits per heavy atom. The minimum atomic E-state index is 0.119. The number of para-hydroxylation sites is 1. The fraction of sp³-hybridized carbons (Fsp3) is 0.400. The number of amides is 1. The van der Waals surface area contributed by atoms with E-state index >= 15 is 0 Å². The molecule has 0 spiro atoms. The number of benzene rings is 1. The minimum Gasteiger partial charge on any atom is -0.361 e. The number of carbonyl (C=O) groups excluding carboxylic acids is 1. The van der Waals surface area contributed by atoms with Crippen molar-refractivity contribution in [3.05, 3.63) is 36.0 Å². The molecular formula is C15H19N3O. The third kappa shape index (κ3) is 2.12. The van der Waals surface area contributed by atoms with E-state index in [2.05, 4.69) is 24.1 Å². The van der Waals surface area contributed by atoms with Crippen molar-refractivity contribution in [3.8, 4) is 0 Å². The van der Waals surface area contributed by atoms with E-state index in [0.29, 0.717) is 6.04 Å². The summed E-state index contributed by atoms with van der Waals surface area (Å²) in [5, 5.41) is 4.48. The van der Waals surface area contributed by atoms with Gasteiger partial charge in [-0.3, -0.25) is 4.79 Å². The van der Waals surface area contributed by atoms with Crippen LogP contribution in [0.5, 0.6) is 0 Å². The van der Waals surface area contributed by atoms with Crippen molar-refractivity contribution in [1.29, 1.82) is 0 Å². The second-order valence-corrected chi connectivity index (χ2v) is 5.36. The maximum atomic E-state index is 12.7. The zero-order valence-electron chi connectivity index (χ0n) is 11.3. The molecule has 1 aliphatic heterocycles. The normalized spacial score (nSPS) is 23.8. The number of carbonyl (C=O) groups is 1. The second kappa shape index (κ2) is 4.70. The molecule has 1 saturated heterocycles. The van der Waals surface area contributed by atoms with Gasteiger partial charge in [0.25, 0.3) is 5.91 Å². The molecule has 2 N–H and O–H groups in total. The zero-order chi connectivity index (χ0) is 13.4. The van der Waals surface area contributed by atoms with Gasteiger partial charge in [-0.2, -0.15) is 0 Å². The SMILES string of the molecule is CC1CN(C(=O)c2cccc3cc[nH]c23)C(C)CN1. The van der Waals surface area contributed by atoms with Crippen LogP contribution < -0.4 is 5.32 Å². The Hall–Kier alpha value is -1.81. The quantitative estimate of drug-likeness (QED) is 0.821. The molecule has 1 aromatic heterocycles. The lowest BCUT2D eigenvalue weighted by Crippen LogP contribution is -2.56. The monoisotopic (exact) mass is 257 g/mol. The van der Waals surface area contributed by atoms with Gasteiger partial charge in [0.05, 0.1) is 11.1 Å². The lowest BCUT2D eigenvalue weighted by molar-refractivity contribution is 0.0618. The molecule has 2 aromatic rings. The van der Waals surface area contributed by atoms with Gasteiger partial charge in [-0.15, -0.1) is 0 Å². The minimum absolute atomic E-state index is 0.119. The predicted octanol–water partition coefficient (Wildman–Crippen LogP) is 1.99. The van der Waals surface area contributed by atoms with E-state index in [1.165, 1.54) is 0 Å². The Balaban J connectivity index is 1.97. The molecule has 4 heteroatoms. The van der Waals surface area contributed by atoms with Gasteiger partial charge in [0, 0.05) is 36.8 Å². The molecule has 2 unspecified atom stereocenters. The van der Waals surface area contributed by atoms with E-state index in [1.807, 2.05) is 35.4 Å². The molecule has 2 atom stereocenters. The third-order valence-corrected chi connectivity index (χ3v) is 3.84. The molecule has 1 amide bonds. The summed E-state index contributed by atoms with van der Waals surface area (Å²) in [6, 6.07) is 8.44. The van der Waals surface area contributed by atoms with Crippen LogP contribution in [-0.2, 0) is 0 Å². The van der Waals surface area contributed by atoms with Gasteiger partial charge >= 0.3 is 0 Å². The Bertz CT molecular complexity index is 604. The lowest BCUT2D eigenvalue weighted by Gasteiger charge is -2.37. The standard InChI is InChI=1S/C15H19N3O/c1-10-9-18(11(2)8-17-10)15(19)13-5-3-4-12-6-7-16-14(12)13/h3-7,10-11,16-17H,8-9H2,1-2H3. The summed E-state index contributed by atoms with van der Waals surface area (Å²) in [7, 11) is 0. The summed E-state index contributed by atoms with van der Waals surface area (Å²) in [6.45, 7) is 5.82. The largest absolute Gasteiger partial charge is 0.361 e. The Labute approximate surface area is 112 Å². The Kier molecular flexibility index (Phi) is 3.03. The fourth-order valence-electron chi connectivity index (χ4n) is 2.72. The molecule has 1 aliphatic rings. The van der Waals surface area contributed by atoms with E-state index in [0.717, 1.165) is 29.6 Å². The van der Waals surface area contributed by atoms with Crippen LogP contribution in [0.3, 0.4) is 0 Å². The highest BCUT2D eigenvalue weighted by molar-refractivity contribution is 6.05. The molecule has 1 fully saturated rings. The first-order chi connectivity index (χ1) is 9.16. The van der Waals surface area contributed by atoms with Crippen molar-refractivity contribution in [2.75, 3.05) is 13.1 Å². The molecule has 1 aromatic carbocycles. The van der Waals surface area contributed by atoms with Crippen LogP contribution in [0.25, 0.3) is 10.9 Å². The van der Waals surface area contributed by atoms with Crippen LogP contribution in [0.2, 0.25) is 0 Å². The number of hydrogen-bond acceptors (Lipinski definition) is 2. The first kappa shape index (κ1) is 12.2. The summed E-state index contributed by atoms with van der Waals surface area (Å²) in [6.07, 6.45) is 1.88. The van der Waals surface area contributed by atoms with Gasteiger partial charge in [-0.05, 0) is 26.0 Å². The van der Waals surface area contributed by atoms with Crippen molar-refractivity contribution < 1.29 is 4.79 Å². The number of fused-ring (bicyclic) bond motifs is 1. The van der Waals surface area contributed by atoms with Crippen LogP contribution >= 0.6 is 0 Å². The number of aromatic amines is 1. The average Bonchev–Trinajstić information content (AvgIpc) is 2.89. The molecule has 19 heavy (non-hydrogen) atoms. The van der Waals surface area contributed by atoms with Gasteiger partial charge in [0.1, 0.15) is 0 Å². The van der Waals surface area contributed by atoms with E-state index in [1.54, 1.807) is 0 Å². The van der Waals surface area contributed by atoms with Crippen molar-refractivity contribution in [2.45, 2.75) is 25.9 Å². The predicted molar refractivity (Wildman–Crippen MR) is 76.3 cm³/mol. The molecular weight excluding hydrogens is 238 g/mol. The van der Waals surface area contributed by atoms with Crippen molar-refractivity contribution in [1.82, 2.24) is 15.2 Å². The molecule has 0 radical (unpaired) electrons. The van der Waals surface area contributed by atoms with E-state index < -0.39 is 0 Å². The van der Waals surface area contributed by atoms with Gasteiger partial charge in [0.2, 0.25) is 0 Å². The number of aromatic nitrogens is 1. The highest BCUT2D eigenvalue weighted by atomic mass is 16.2. The topological polar surface area (TPSA) is 48.1 Å². The summed E-state index contributed by atoms with van der Waals surface area (Å²) >= 11 is 0. The zero-order valence-corrected chi connectivity index (χ0v) is 11.3.